The van der Waals surface area contributed by atoms with E-state index in [1.807, 2.05) is 11.6 Å². The van der Waals surface area contributed by atoms with Crippen LogP contribution in [-0.4, -0.2) is 63.1 Å². The summed E-state index contributed by atoms with van der Waals surface area (Å²) in [7, 11) is 0. The summed E-state index contributed by atoms with van der Waals surface area (Å²) < 4.78 is 2.01. The number of hydrogen-bond acceptors (Lipinski definition) is 5. The van der Waals surface area contributed by atoms with Crippen LogP contribution in [0.1, 0.15) is 65.5 Å². The second kappa shape index (κ2) is 9.93. The van der Waals surface area contributed by atoms with Crippen molar-refractivity contribution in [2.24, 2.45) is 4.99 Å². The Labute approximate surface area is 188 Å². The van der Waals surface area contributed by atoms with Crippen molar-refractivity contribution in [1.82, 2.24) is 30.3 Å². The Balaban J connectivity index is 1.25. The molecular formula is C23H31N7O2. The molecular weight excluding hydrogens is 406 g/mol. The molecule has 2 aromatic rings. The summed E-state index contributed by atoms with van der Waals surface area (Å²) in [6, 6.07) is 7.26. The zero-order valence-corrected chi connectivity index (χ0v) is 18.8. The molecule has 0 aliphatic carbocycles. The summed E-state index contributed by atoms with van der Waals surface area (Å²) in [5, 5.41) is 11.4. The van der Waals surface area contributed by atoms with Crippen LogP contribution < -0.4 is 10.6 Å². The van der Waals surface area contributed by atoms with Gasteiger partial charge < -0.3 is 10.6 Å². The molecule has 0 radical (unpaired) electrons. The minimum Gasteiger partial charge on any atom is -0.357 e. The first kappa shape index (κ1) is 22.0. The molecule has 32 heavy (non-hydrogen) atoms. The summed E-state index contributed by atoms with van der Waals surface area (Å²) in [4.78, 5) is 35.5. The van der Waals surface area contributed by atoms with E-state index in [1.165, 1.54) is 4.90 Å². The summed E-state index contributed by atoms with van der Waals surface area (Å²) in [6.45, 7) is 6.72. The highest BCUT2D eigenvalue weighted by atomic mass is 16.2. The number of guanidine groups is 1. The fourth-order valence-corrected chi connectivity index (χ4v) is 4.16. The highest BCUT2D eigenvalue weighted by Crippen LogP contribution is 2.22. The number of carbonyl (C=O) groups is 2. The molecule has 1 unspecified atom stereocenters. The molecule has 0 saturated heterocycles. The first-order chi connectivity index (χ1) is 15.6. The number of fused-ring (bicyclic) bond motifs is 2. The molecule has 9 heteroatoms. The largest absolute Gasteiger partial charge is 0.357 e. The quantitative estimate of drug-likeness (QED) is 0.282. The zero-order chi connectivity index (χ0) is 22.5. The number of benzene rings is 1. The van der Waals surface area contributed by atoms with Crippen molar-refractivity contribution in [2.75, 3.05) is 19.6 Å². The van der Waals surface area contributed by atoms with E-state index in [2.05, 4.69) is 32.6 Å². The van der Waals surface area contributed by atoms with Gasteiger partial charge >= 0.3 is 0 Å². The molecule has 9 nitrogen and oxygen atoms in total. The normalized spacial score (nSPS) is 18.0. The zero-order valence-electron chi connectivity index (χ0n) is 18.8. The molecule has 170 valence electrons. The highest BCUT2D eigenvalue weighted by Gasteiger charge is 2.34. The first-order valence-electron chi connectivity index (χ1n) is 11.5. The average Bonchev–Trinajstić information content (AvgIpc) is 3.33. The SMILES string of the molecule is CCNC(=NCCCCN1C(=O)c2ccccc2C1=O)NC1CCc2nc(CC)nn2C1. The van der Waals surface area contributed by atoms with Gasteiger partial charge in [0.15, 0.2) is 11.8 Å². The highest BCUT2D eigenvalue weighted by molar-refractivity contribution is 6.21. The Morgan fingerprint density at radius 2 is 1.91 bits per heavy atom. The van der Waals surface area contributed by atoms with Gasteiger partial charge in [0.25, 0.3) is 11.8 Å². The molecule has 2 N–H and O–H groups in total. The van der Waals surface area contributed by atoms with Crippen LogP contribution in [0, 0.1) is 0 Å². The maximum Gasteiger partial charge on any atom is 0.261 e. The van der Waals surface area contributed by atoms with Gasteiger partial charge in [0.2, 0.25) is 0 Å². The predicted molar refractivity (Wildman–Crippen MR) is 122 cm³/mol. The summed E-state index contributed by atoms with van der Waals surface area (Å²) >= 11 is 0. The number of aliphatic imine (C=N–C) groups is 1. The van der Waals surface area contributed by atoms with Gasteiger partial charge in [-0.1, -0.05) is 19.1 Å². The van der Waals surface area contributed by atoms with Crippen molar-refractivity contribution in [1.29, 1.82) is 0 Å². The number of nitrogens with one attached hydrogen (secondary N) is 2. The molecule has 2 aliphatic heterocycles. The van der Waals surface area contributed by atoms with Crippen molar-refractivity contribution < 1.29 is 9.59 Å². The fraction of sp³-hybridized carbons (Fsp3) is 0.522. The van der Waals surface area contributed by atoms with Crippen LogP contribution in [0.5, 0.6) is 0 Å². The number of hydrogen-bond donors (Lipinski definition) is 2. The monoisotopic (exact) mass is 437 g/mol. The topological polar surface area (TPSA) is 105 Å². The van der Waals surface area contributed by atoms with Crippen molar-refractivity contribution in [2.45, 2.75) is 58.5 Å². The van der Waals surface area contributed by atoms with Gasteiger partial charge in [-0.15, -0.1) is 0 Å². The number of imide groups is 1. The summed E-state index contributed by atoms with van der Waals surface area (Å²) in [5.74, 6) is 2.37. The molecule has 3 heterocycles. The van der Waals surface area contributed by atoms with Crippen molar-refractivity contribution in [3.05, 3.63) is 47.0 Å². The van der Waals surface area contributed by atoms with Crippen LogP contribution in [0.4, 0.5) is 0 Å². The number of unbranched alkanes of at least 4 members (excludes halogenated alkanes) is 1. The van der Waals surface area contributed by atoms with E-state index in [1.54, 1.807) is 24.3 Å². The minimum atomic E-state index is -0.194. The number of aromatic nitrogens is 3. The van der Waals surface area contributed by atoms with Crippen LogP contribution in [0.15, 0.2) is 29.3 Å². The molecule has 0 spiro atoms. The number of amides is 2. The lowest BCUT2D eigenvalue weighted by atomic mass is 10.1. The van der Waals surface area contributed by atoms with Gasteiger partial charge in [-0.3, -0.25) is 19.5 Å². The molecule has 0 fully saturated rings. The third kappa shape index (κ3) is 4.66. The Hall–Kier alpha value is -3.23. The Kier molecular flexibility index (Phi) is 6.82. The van der Waals surface area contributed by atoms with Crippen LogP contribution >= 0.6 is 0 Å². The second-order valence-corrected chi connectivity index (χ2v) is 8.14. The van der Waals surface area contributed by atoms with Gasteiger partial charge in [-0.2, -0.15) is 5.10 Å². The number of nitrogens with zero attached hydrogens (tertiary/aromatic N) is 5. The molecule has 0 saturated carbocycles. The van der Waals surface area contributed by atoms with E-state index < -0.39 is 0 Å². The van der Waals surface area contributed by atoms with Gasteiger partial charge in [0, 0.05) is 38.5 Å². The lowest BCUT2D eigenvalue weighted by Gasteiger charge is -2.25. The molecule has 1 aromatic heterocycles. The lowest BCUT2D eigenvalue weighted by Crippen LogP contribution is -2.47. The average molecular weight is 438 g/mol. The van der Waals surface area contributed by atoms with Gasteiger partial charge in [-0.05, 0) is 38.3 Å². The Morgan fingerprint density at radius 3 is 2.59 bits per heavy atom. The number of carbonyl (C=O) groups excluding carboxylic acids is 2. The van der Waals surface area contributed by atoms with E-state index in [0.29, 0.717) is 24.2 Å². The third-order valence-electron chi connectivity index (χ3n) is 5.84. The molecule has 1 atom stereocenters. The molecule has 1 aromatic carbocycles. The standard InChI is InChI=1S/C23H31N7O2/c1-3-19-27-20-12-11-16(15-30(20)28-19)26-23(24-4-2)25-13-7-8-14-29-21(31)17-9-5-6-10-18(17)22(29)32/h5-6,9-10,16H,3-4,7-8,11-15H2,1-2H3,(H2,24,25,26). The van der Waals surface area contributed by atoms with E-state index in [4.69, 9.17) is 0 Å². The van der Waals surface area contributed by atoms with Gasteiger partial charge in [0.05, 0.1) is 17.7 Å². The third-order valence-corrected chi connectivity index (χ3v) is 5.84. The molecule has 4 rings (SSSR count). The number of rotatable bonds is 8. The Morgan fingerprint density at radius 1 is 1.16 bits per heavy atom. The maximum atomic E-state index is 12.4. The number of aryl methyl sites for hydroxylation is 2. The van der Waals surface area contributed by atoms with Gasteiger partial charge in [0.1, 0.15) is 5.82 Å². The first-order valence-corrected chi connectivity index (χ1v) is 11.5. The van der Waals surface area contributed by atoms with Crippen LogP contribution in [0.25, 0.3) is 0 Å². The molecule has 2 amide bonds. The smallest absolute Gasteiger partial charge is 0.261 e. The Bertz CT molecular complexity index is 979. The van der Waals surface area contributed by atoms with Gasteiger partial charge in [-0.25, -0.2) is 9.67 Å². The predicted octanol–water partition coefficient (Wildman–Crippen LogP) is 1.79. The summed E-state index contributed by atoms with van der Waals surface area (Å²) in [6.07, 6.45) is 4.26. The summed E-state index contributed by atoms with van der Waals surface area (Å²) in [5.41, 5.74) is 1.01. The van der Waals surface area contributed by atoms with E-state index in [-0.39, 0.29) is 17.9 Å². The van der Waals surface area contributed by atoms with E-state index in [0.717, 1.165) is 62.8 Å². The minimum absolute atomic E-state index is 0.194. The van der Waals surface area contributed by atoms with Crippen molar-refractivity contribution in [3.8, 4) is 0 Å². The fourth-order valence-electron chi connectivity index (χ4n) is 4.16. The lowest BCUT2D eigenvalue weighted by molar-refractivity contribution is 0.0652. The maximum absolute atomic E-state index is 12.4. The van der Waals surface area contributed by atoms with Crippen LogP contribution in [0.3, 0.4) is 0 Å². The van der Waals surface area contributed by atoms with Crippen molar-refractivity contribution in [3.63, 3.8) is 0 Å². The second-order valence-electron chi connectivity index (χ2n) is 8.14. The van der Waals surface area contributed by atoms with Crippen LogP contribution in [0.2, 0.25) is 0 Å². The molecule has 2 aliphatic rings. The van der Waals surface area contributed by atoms with E-state index >= 15 is 0 Å². The van der Waals surface area contributed by atoms with Crippen molar-refractivity contribution >= 4 is 17.8 Å². The van der Waals surface area contributed by atoms with E-state index in [9.17, 15) is 9.59 Å². The molecule has 0 bridgehead atoms. The van der Waals surface area contributed by atoms with Crippen LogP contribution in [-0.2, 0) is 19.4 Å².